The van der Waals surface area contributed by atoms with Crippen LogP contribution < -0.4 is 5.73 Å². The van der Waals surface area contributed by atoms with Crippen molar-refractivity contribution in [1.29, 1.82) is 0 Å². The third-order valence-electron chi connectivity index (χ3n) is 2.81. The maximum Gasteiger partial charge on any atom is 0.139 e. The van der Waals surface area contributed by atoms with Crippen LogP contribution in [0.5, 0.6) is 0 Å². The molecule has 18 heavy (non-hydrogen) atoms. The summed E-state index contributed by atoms with van der Waals surface area (Å²) in [5, 5.41) is 0.648. The Kier molecular flexibility index (Phi) is 2.26. The van der Waals surface area contributed by atoms with Crippen LogP contribution in [0.1, 0.15) is 0 Å². The van der Waals surface area contributed by atoms with Gasteiger partial charge in [0.1, 0.15) is 17.3 Å². The van der Waals surface area contributed by atoms with Crippen molar-refractivity contribution in [2.45, 2.75) is 0 Å². The average molecular weight is 245 g/mol. The van der Waals surface area contributed by atoms with Crippen molar-refractivity contribution >= 4 is 16.7 Å². The number of benzene rings is 1. The smallest absolute Gasteiger partial charge is 0.139 e. The van der Waals surface area contributed by atoms with Crippen LogP contribution in [0.2, 0.25) is 0 Å². The highest BCUT2D eigenvalue weighted by Crippen LogP contribution is 2.29. The van der Waals surface area contributed by atoms with Crippen molar-refractivity contribution in [3.05, 3.63) is 48.3 Å². The zero-order chi connectivity index (χ0) is 12.7. The summed E-state index contributed by atoms with van der Waals surface area (Å²) < 4.78 is 27.3. The molecule has 2 heterocycles. The van der Waals surface area contributed by atoms with Crippen molar-refractivity contribution in [3.8, 4) is 11.1 Å². The Bertz CT molecular complexity index is 714. The molecule has 3 N–H and O–H groups in total. The predicted octanol–water partition coefficient (Wildman–Crippen LogP) is 3.09. The predicted molar refractivity (Wildman–Crippen MR) is 65.9 cm³/mol. The number of H-pyrrole nitrogens is 1. The van der Waals surface area contributed by atoms with E-state index in [-0.39, 0.29) is 5.56 Å². The fourth-order valence-electron chi connectivity index (χ4n) is 1.93. The van der Waals surface area contributed by atoms with Crippen molar-refractivity contribution < 1.29 is 8.78 Å². The summed E-state index contributed by atoms with van der Waals surface area (Å²) in [6.45, 7) is 0. The molecule has 90 valence electrons. The van der Waals surface area contributed by atoms with Crippen LogP contribution in [-0.2, 0) is 0 Å². The lowest BCUT2D eigenvalue weighted by atomic mass is 10.1. The van der Waals surface area contributed by atoms with E-state index in [9.17, 15) is 8.78 Å². The van der Waals surface area contributed by atoms with E-state index in [0.29, 0.717) is 22.3 Å². The molecule has 0 fully saturated rings. The van der Waals surface area contributed by atoms with Gasteiger partial charge in [0.15, 0.2) is 0 Å². The van der Waals surface area contributed by atoms with Crippen molar-refractivity contribution in [2.24, 2.45) is 0 Å². The lowest BCUT2D eigenvalue weighted by molar-refractivity contribution is 0.589. The largest absolute Gasteiger partial charge is 0.397 e. The van der Waals surface area contributed by atoms with E-state index in [2.05, 4.69) is 9.97 Å². The number of nitrogens with zero attached hydrogens (tertiary/aromatic N) is 1. The Morgan fingerprint density at radius 3 is 2.61 bits per heavy atom. The number of rotatable bonds is 1. The molecule has 0 amide bonds. The van der Waals surface area contributed by atoms with Gasteiger partial charge in [-0.25, -0.2) is 13.8 Å². The SMILES string of the molecule is Nc1c[nH]c2ncc(-c3c(F)cccc3F)cc12. The van der Waals surface area contributed by atoms with Crippen LogP contribution >= 0.6 is 0 Å². The first-order valence-corrected chi connectivity index (χ1v) is 5.34. The summed E-state index contributed by atoms with van der Waals surface area (Å²) in [5.41, 5.74) is 7.10. The molecule has 0 saturated heterocycles. The minimum atomic E-state index is -0.620. The van der Waals surface area contributed by atoms with Gasteiger partial charge in [-0.05, 0) is 18.2 Å². The Morgan fingerprint density at radius 1 is 1.17 bits per heavy atom. The minimum absolute atomic E-state index is 0.0903. The number of hydrogen-bond donors (Lipinski definition) is 2. The van der Waals surface area contributed by atoms with Gasteiger partial charge in [-0.1, -0.05) is 6.07 Å². The summed E-state index contributed by atoms with van der Waals surface area (Å²) in [4.78, 5) is 6.96. The second-order valence-electron chi connectivity index (χ2n) is 3.96. The Labute approximate surface area is 101 Å². The lowest BCUT2D eigenvalue weighted by Crippen LogP contribution is -1.91. The molecule has 0 aliphatic carbocycles. The molecule has 5 heteroatoms. The van der Waals surface area contributed by atoms with Gasteiger partial charge < -0.3 is 10.7 Å². The highest BCUT2D eigenvalue weighted by molar-refractivity contribution is 5.91. The maximum atomic E-state index is 13.7. The Balaban J connectivity index is 2.28. The summed E-state index contributed by atoms with van der Waals surface area (Å²) in [7, 11) is 0. The van der Waals surface area contributed by atoms with Gasteiger partial charge in [-0.15, -0.1) is 0 Å². The fraction of sp³-hybridized carbons (Fsp3) is 0. The number of halogens is 2. The van der Waals surface area contributed by atoms with Crippen molar-refractivity contribution in [1.82, 2.24) is 9.97 Å². The van der Waals surface area contributed by atoms with Gasteiger partial charge in [-0.2, -0.15) is 0 Å². The molecular formula is C13H9F2N3. The van der Waals surface area contributed by atoms with Gasteiger partial charge in [0, 0.05) is 23.3 Å². The first-order valence-electron chi connectivity index (χ1n) is 5.34. The normalized spacial score (nSPS) is 11.0. The van der Waals surface area contributed by atoms with Crippen LogP contribution in [0.25, 0.3) is 22.2 Å². The van der Waals surface area contributed by atoms with Crippen LogP contribution in [0.3, 0.4) is 0 Å². The van der Waals surface area contributed by atoms with Crippen LogP contribution in [0, 0.1) is 11.6 Å². The molecule has 0 aliphatic heterocycles. The second-order valence-corrected chi connectivity index (χ2v) is 3.96. The zero-order valence-electron chi connectivity index (χ0n) is 9.24. The van der Waals surface area contributed by atoms with Gasteiger partial charge in [-0.3, -0.25) is 0 Å². The maximum absolute atomic E-state index is 13.7. The van der Waals surface area contributed by atoms with Gasteiger partial charge in [0.05, 0.1) is 11.3 Å². The number of fused-ring (bicyclic) bond motifs is 1. The van der Waals surface area contributed by atoms with Gasteiger partial charge in [0.2, 0.25) is 0 Å². The number of aromatic amines is 1. The van der Waals surface area contributed by atoms with E-state index in [1.807, 2.05) is 0 Å². The van der Waals surface area contributed by atoms with E-state index >= 15 is 0 Å². The van der Waals surface area contributed by atoms with E-state index in [1.165, 1.54) is 24.4 Å². The monoisotopic (exact) mass is 245 g/mol. The van der Waals surface area contributed by atoms with E-state index < -0.39 is 11.6 Å². The number of nitrogens with one attached hydrogen (secondary N) is 1. The quantitative estimate of drug-likeness (QED) is 0.692. The highest BCUT2D eigenvalue weighted by Gasteiger charge is 2.12. The Hall–Kier alpha value is -2.43. The molecule has 3 rings (SSSR count). The molecule has 0 unspecified atom stereocenters. The summed E-state index contributed by atoms with van der Waals surface area (Å²) in [6, 6.07) is 5.37. The number of pyridine rings is 1. The molecule has 0 atom stereocenters. The van der Waals surface area contributed by atoms with Crippen molar-refractivity contribution in [3.63, 3.8) is 0 Å². The molecule has 3 nitrogen and oxygen atoms in total. The summed E-state index contributed by atoms with van der Waals surface area (Å²) in [5.74, 6) is -1.24. The first kappa shape index (κ1) is 10.7. The Morgan fingerprint density at radius 2 is 1.89 bits per heavy atom. The number of hydrogen-bond acceptors (Lipinski definition) is 2. The molecule has 0 radical (unpaired) electrons. The molecule has 0 saturated carbocycles. The molecule has 0 spiro atoms. The van der Waals surface area contributed by atoms with Gasteiger partial charge in [0.25, 0.3) is 0 Å². The molecule has 2 aromatic heterocycles. The standard InChI is InChI=1S/C13H9F2N3/c14-9-2-1-3-10(15)12(9)7-4-8-11(16)6-18-13(8)17-5-7/h1-6H,16H2,(H,17,18). The van der Waals surface area contributed by atoms with E-state index in [0.717, 1.165) is 0 Å². The highest BCUT2D eigenvalue weighted by atomic mass is 19.1. The molecular weight excluding hydrogens is 236 g/mol. The van der Waals surface area contributed by atoms with E-state index in [1.54, 1.807) is 12.3 Å². The third-order valence-corrected chi connectivity index (χ3v) is 2.81. The molecule has 1 aromatic carbocycles. The first-order chi connectivity index (χ1) is 8.66. The van der Waals surface area contributed by atoms with Crippen LogP contribution in [0.15, 0.2) is 36.7 Å². The summed E-state index contributed by atoms with van der Waals surface area (Å²) >= 11 is 0. The number of nitrogens with two attached hydrogens (primary N) is 1. The lowest BCUT2D eigenvalue weighted by Gasteiger charge is -2.04. The molecule has 0 aliphatic rings. The summed E-state index contributed by atoms with van der Waals surface area (Å²) in [6.07, 6.45) is 3.01. The molecule has 0 bridgehead atoms. The topological polar surface area (TPSA) is 54.7 Å². The fourth-order valence-corrected chi connectivity index (χ4v) is 1.93. The minimum Gasteiger partial charge on any atom is -0.397 e. The third kappa shape index (κ3) is 1.52. The average Bonchev–Trinajstić information content (AvgIpc) is 2.71. The number of anilines is 1. The number of nitrogen functional groups attached to an aromatic ring is 1. The van der Waals surface area contributed by atoms with Crippen molar-refractivity contribution in [2.75, 3.05) is 5.73 Å². The second kappa shape index (κ2) is 3.80. The van der Waals surface area contributed by atoms with Crippen LogP contribution in [0.4, 0.5) is 14.5 Å². The van der Waals surface area contributed by atoms with E-state index in [4.69, 9.17) is 5.73 Å². The number of aromatic nitrogens is 2. The van der Waals surface area contributed by atoms with Crippen LogP contribution in [-0.4, -0.2) is 9.97 Å². The zero-order valence-corrected chi connectivity index (χ0v) is 9.24. The molecule has 3 aromatic rings. The van der Waals surface area contributed by atoms with Gasteiger partial charge >= 0.3 is 0 Å².